The van der Waals surface area contributed by atoms with Gasteiger partial charge >= 0.3 is 12.1 Å². The normalized spacial score (nSPS) is 11.6. The summed E-state index contributed by atoms with van der Waals surface area (Å²) in [6, 6.07) is 7.05. The second-order valence-electron chi connectivity index (χ2n) is 7.56. The van der Waals surface area contributed by atoms with Gasteiger partial charge in [-0.1, -0.05) is 45.0 Å². The van der Waals surface area contributed by atoms with Crippen LogP contribution in [0.2, 0.25) is 0 Å². The van der Waals surface area contributed by atoms with Gasteiger partial charge in [0.05, 0.1) is 0 Å². The van der Waals surface area contributed by atoms with Crippen molar-refractivity contribution in [2.45, 2.75) is 26.9 Å². The topological polar surface area (TPSA) is 184 Å². The number of Topliss-reactive ketones (excluding diaryl/α,β-unsaturated/α-hetero) is 1. The second kappa shape index (κ2) is 8.61. The lowest BCUT2D eigenvalue weighted by atomic mass is 9.86. The molecule has 0 saturated carbocycles. The predicted octanol–water partition coefficient (Wildman–Crippen LogP) is 2.70. The van der Waals surface area contributed by atoms with Gasteiger partial charge in [0.15, 0.2) is 28.6 Å². The highest BCUT2D eigenvalue weighted by Crippen LogP contribution is 2.28. The molecule has 10 nitrogen and oxygen atoms in total. The van der Waals surface area contributed by atoms with Gasteiger partial charge in [0, 0.05) is 16.5 Å². The number of fused-ring (bicyclic) bond motifs is 1. The van der Waals surface area contributed by atoms with Crippen LogP contribution in [-0.2, 0) is 4.79 Å². The Morgan fingerprint density at radius 3 is 1.88 bits per heavy atom. The Labute approximate surface area is 179 Å². The van der Waals surface area contributed by atoms with E-state index in [2.05, 4.69) is 19.9 Å². The van der Waals surface area contributed by atoms with Crippen molar-refractivity contribution in [3.8, 4) is 11.3 Å². The monoisotopic (exact) mass is 451 g/mol. The first-order valence-electron chi connectivity index (χ1n) is 8.93. The Morgan fingerprint density at radius 1 is 0.875 bits per heavy atom. The number of carbonyl (C=O) groups excluding carboxylic acids is 1. The molecule has 0 atom stereocenters. The molecule has 3 aromatic rings. The minimum absolute atomic E-state index is 0.0106. The number of benzene rings is 1. The molecular formula is C19H20F3N7O3. The van der Waals surface area contributed by atoms with Crippen LogP contribution in [0.3, 0.4) is 0 Å². The molecule has 0 aliphatic carbocycles. The van der Waals surface area contributed by atoms with E-state index in [1.807, 2.05) is 20.8 Å². The smallest absolute Gasteiger partial charge is 0.475 e. The van der Waals surface area contributed by atoms with Crippen molar-refractivity contribution in [3.63, 3.8) is 0 Å². The number of carboxylic acids is 1. The SMILES string of the molecule is CC(C)(C)C(=O)c1ccc(-c2nc3c(N)nc(N)nc3nc2N)cc1.O=C(O)C(F)(F)F. The Bertz CT molecular complexity index is 1170. The van der Waals surface area contributed by atoms with Gasteiger partial charge in [0.1, 0.15) is 5.69 Å². The maximum atomic E-state index is 12.3. The fraction of sp³-hybridized carbons (Fsp3) is 0.263. The van der Waals surface area contributed by atoms with Gasteiger partial charge in [-0.25, -0.2) is 14.8 Å². The summed E-state index contributed by atoms with van der Waals surface area (Å²) in [7, 11) is 0. The first-order valence-corrected chi connectivity index (χ1v) is 8.93. The van der Waals surface area contributed by atoms with Crippen molar-refractivity contribution in [2.75, 3.05) is 17.2 Å². The van der Waals surface area contributed by atoms with Crippen LogP contribution < -0.4 is 17.2 Å². The van der Waals surface area contributed by atoms with Crippen LogP contribution in [0.25, 0.3) is 22.4 Å². The van der Waals surface area contributed by atoms with Crippen LogP contribution in [0, 0.1) is 5.41 Å². The van der Waals surface area contributed by atoms with Crippen LogP contribution in [0.5, 0.6) is 0 Å². The highest BCUT2D eigenvalue weighted by molar-refractivity contribution is 6.00. The Kier molecular flexibility index (Phi) is 6.52. The number of hydrogen-bond acceptors (Lipinski definition) is 9. The quantitative estimate of drug-likeness (QED) is 0.422. The van der Waals surface area contributed by atoms with Gasteiger partial charge in [-0.2, -0.15) is 23.1 Å². The summed E-state index contributed by atoms with van der Waals surface area (Å²) in [4.78, 5) is 37.7. The van der Waals surface area contributed by atoms with Gasteiger partial charge in [-0.15, -0.1) is 0 Å². The summed E-state index contributed by atoms with van der Waals surface area (Å²) in [5, 5.41) is 7.12. The number of ketones is 1. The molecule has 0 fully saturated rings. The van der Waals surface area contributed by atoms with Crippen LogP contribution >= 0.6 is 0 Å². The number of carbonyl (C=O) groups is 2. The largest absolute Gasteiger partial charge is 0.490 e. The third kappa shape index (κ3) is 5.56. The van der Waals surface area contributed by atoms with E-state index < -0.39 is 17.6 Å². The number of rotatable bonds is 2. The molecule has 0 spiro atoms. The Balaban J connectivity index is 0.000000451. The molecule has 3 rings (SSSR count). The van der Waals surface area contributed by atoms with Gasteiger partial charge in [-0.3, -0.25) is 4.79 Å². The van der Waals surface area contributed by atoms with Crippen molar-refractivity contribution >= 4 is 40.5 Å². The molecule has 13 heteroatoms. The van der Waals surface area contributed by atoms with Crippen LogP contribution in [0.15, 0.2) is 24.3 Å². The minimum atomic E-state index is -5.08. The van der Waals surface area contributed by atoms with E-state index in [4.69, 9.17) is 27.1 Å². The number of anilines is 3. The highest BCUT2D eigenvalue weighted by Gasteiger charge is 2.38. The molecule has 2 heterocycles. The first-order chi connectivity index (χ1) is 14.6. The average Bonchev–Trinajstić information content (AvgIpc) is 2.66. The van der Waals surface area contributed by atoms with Crippen molar-refractivity contribution in [1.82, 2.24) is 19.9 Å². The Morgan fingerprint density at radius 2 is 1.41 bits per heavy atom. The van der Waals surface area contributed by atoms with Crippen LogP contribution in [0.1, 0.15) is 31.1 Å². The molecule has 1 aromatic carbocycles. The summed E-state index contributed by atoms with van der Waals surface area (Å²) >= 11 is 0. The molecule has 32 heavy (non-hydrogen) atoms. The van der Waals surface area contributed by atoms with Crippen LogP contribution in [-0.4, -0.2) is 43.0 Å². The molecular weight excluding hydrogens is 431 g/mol. The van der Waals surface area contributed by atoms with E-state index >= 15 is 0 Å². The third-order valence-corrected chi connectivity index (χ3v) is 3.95. The highest BCUT2D eigenvalue weighted by atomic mass is 19.4. The predicted molar refractivity (Wildman–Crippen MR) is 111 cm³/mol. The zero-order chi connectivity index (χ0) is 24.4. The lowest BCUT2D eigenvalue weighted by Crippen LogP contribution is -2.21. The maximum absolute atomic E-state index is 12.3. The molecule has 0 aliphatic heterocycles. The summed E-state index contributed by atoms with van der Waals surface area (Å²) in [5.74, 6) is -2.36. The number of halogens is 3. The van der Waals surface area contributed by atoms with E-state index in [1.165, 1.54) is 0 Å². The number of nitrogens with zero attached hydrogens (tertiary/aromatic N) is 4. The van der Waals surface area contributed by atoms with Crippen molar-refractivity contribution in [3.05, 3.63) is 29.8 Å². The number of nitrogens with two attached hydrogens (primary N) is 3. The van der Waals surface area contributed by atoms with Gasteiger partial charge in [0.2, 0.25) is 5.95 Å². The molecule has 0 radical (unpaired) electrons. The van der Waals surface area contributed by atoms with Gasteiger partial charge in [0.25, 0.3) is 0 Å². The van der Waals surface area contributed by atoms with Crippen LogP contribution in [0.4, 0.5) is 30.8 Å². The zero-order valence-corrected chi connectivity index (χ0v) is 17.2. The Hall–Kier alpha value is -4.03. The number of aromatic nitrogens is 4. The van der Waals surface area contributed by atoms with Gasteiger partial charge in [-0.05, 0) is 0 Å². The maximum Gasteiger partial charge on any atom is 0.490 e. The molecule has 170 valence electrons. The van der Waals surface area contributed by atoms with Crippen molar-refractivity contribution in [2.24, 2.45) is 5.41 Å². The minimum Gasteiger partial charge on any atom is -0.475 e. The summed E-state index contributed by atoms with van der Waals surface area (Å²) in [6.45, 7) is 5.64. The molecule has 0 aliphatic rings. The second-order valence-corrected chi connectivity index (χ2v) is 7.56. The van der Waals surface area contributed by atoms with E-state index in [-0.39, 0.29) is 29.0 Å². The first kappa shape index (κ1) is 24.2. The van der Waals surface area contributed by atoms with E-state index in [1.54, 1.807) is 24.3 Å². The van der Waals surface area contributed by atoms with E-state index in [0.717, 1.165) is 0 Å². The number of alkyl halides is 3. The number of carboxylic acid groups (broad SMARTS) is 1. The lowest BCUT2D eigenvalue weighted by Gasteiger charge is -2.16. The van der Waals surface area contributed by atoms with Crippen molar-refractivity contribution in [1.29, 1.82) is 0 Å². The number of hydrogen-bond donors (Lipinski definition) is 4. The van der Waals surface area contributed by atoms with E-state index in [0.29, 0.717) is 22.3 Å². The summed E-state index contributed by atoms with van der Waals surface area (Å²) in [6.07, 6.45) is -5.08. The molecule has 0 saturated heterocycles. The van der Waals surface area contributed by atoms with Gasteiger partial charge < -0.3 is 22.3 Å². The molecule has 0 bridgehead atoms. The fourth-order valence-corrected chi connectivity index (χ4v) is 2.42. The lowest BCUT2D eigenvalue weighted by molar-refractivity contribution is -0.192. The molecule has 7 N–H and O–H groups in total. The average molecular weight is 451 g/mol. The van der Waals surface area contributed by atoms with E-state index in [9.17, 15) is 18.0 Å². The fourth-order valence-electron chi connectivity index (χ4n) is 2.42. The molecule has 2 aromatic heterocycles. The summed E-state index contributed by atoms with van der Waals surface area (Å²) in [5.41, 5.74) is 19.3. The number of nitrogen functional groups attached to an aromatic ring is 3. The molecule has 0 amide bonds. The zero-order valence-electron chi connectivity index (χ0n) is 17.2. The molecule has 0 unspecified atom stereocenters. The number of aliphatic carboxylic acids is 1. The summed E-state index contributed by atoms with van der Waals surface area (Å²) < 4.78 is 31.7. The third-order valence-electron chi connectivity index (χ3n) is 3.95. The van der Waals surface area contributed by atoms with Crippen molar-refractivity contribution < 1.29 is 27.9 Å². The standard InChI is InChI=1S/C17H19N7O.C2HF3O2/c1-17(2,3)12(25)9-6-4-8(5-7-9)10-13(18)22-15-11(21-10)14(19)23-16(20)24-15;3-2(4,5)1(6)7/h4-7H,1-3H3,(H6,18,19,20,22,23,24);(H,6,7).